The van der Waals surface area contributed by atoms with Crippen LogP contribution in [-0.2, 0) is 4.74 Å². The second kappa shape index (κ2) is 8.97. The number of esters is 1. The second-order valence-corrected chi connectivity index (χ2v) is 6.37. The Morgan fingerprint density at radius 1 is 1.00 bits per heavy atom. The first kappa shape index (κ1) is 20.0. The number of ether oxygens (including phenoxy) is 1. The van der Waals surface area contributed by atoms with Gasteiger partial charge in [-0.2, -0.15) is 4.98 Å². The lowest BCUT2D eigenvalue weighted by Gasteiger charge is -2.12. The highest BCUT2D eigenvalue weighted by molar-refractivity contribution is 5.96. The maximum atomic E-state index is 12.2. The van der Waals surface area contributed by atoms with Crippen LogP contribution in [0.2, 0.25) is 0 Å². The van der Waals surface area contributed by atoms with Crippen molar-refractivity contribution in [2.45, 2.75) is 20.8 Å². The Hall–Kier alpha value is -3.74. The molecule has 7 nitrogen and oxygen atoms in total. The minimum Gasteiger partial charge on any atom is -0.462 e. The first-order valence-electron chi connectivity index (χ1n) is 9.23. The number of anilines is 4. The molecular formula is C22H22N4O3. The summed E-state index contributed by atoms with van der Waals surface area (Å²) in [7, 11) is 0. The van der Waals surface area contributed by atoms with Gasteiger partial charge in [0.2, 0.25) is 5.95 Å². The molecule has 0 saturated heterocycles. The number of aromatic nitrogens is 2. The fourth-order valence-corrected chi connectivity index (χ4v) is 2.72. The van der Waals surface area contributed by atoms with Crippen LogP contribution in [0.25, 0.3) is 0 Å². The van der Waals surface area contributed by atoms with Crippen LogP contribution in [0.3, 0.4) is 0 Å². The maximum Gasteiger partial charge on any atom is 0.340 e. The van der Waals surface area contributed by atoms with E-state index < -0.39 is 5.97 Å². The van der Waals surface area contributed by atoms with Crippen LogP contribution in [0.5, 0.6) is 0 Å². The van der Waals surface area contributed by atoms with Gasteiger partial charge in [-0.1, -0.05) is 12.1 Å². The summed E-state index contributed by atoms with van der Waals surface area (Å²) in [4.78, 5) is 32.5. The molecule has 7 heteroatoms. The third kappa shape index (κ3) is 5.16. The van der Waals surface area contributed by atoms with Gasteiger partial charge in [-0.15, -0.1) is 0 Å². The van der Waals surface area contributed by atoms with Crippen molar-refractivity contribution in [3.05, 3.63) is 71.4 Å². The quantitative estimate of drug-likeness (QED) is 0.448. The normalized spacial score (nSPS) is 10.3. The standard InChI is InChI=1S/C22H22N4O3/c1-4-29-21(28)18-7-5-6-8-19(18)25-22-23-14(2)13-20(26-22)24-17-11-9-16(10-12-17)15(3)27/h5-13H,4H2,1-3H3,(H2,23,24,25,26). The summed E-state index contributed by atoms with van der Waals surface area (Å²) in [6.45, 7) is 5.44. The summed E-state index contributed by atoms with van der Waals surface area (Å²) < 4.78 is 5.10. The Labute approximate surface area is 169 Å². The molecule has 3 rings (SSSR count). The highest BCUT2D eigenvalue weighted by atomic mass is 16.5. The van der Waals surface area contributed by atoms with E-state index in [4.69, 9.17) is 4.74 Å². The average Bonchev–Trinajstić information content (AvgIpc) is 2.68. The molecule has 1 heterocycles. The zero-order valence-corrected chi connectivity index (χ0v) is 16.5. The van der Waals surface area contributed by atoms with E-state index in [-0.39, 0.29) is 5.78 Å². The van der Waals surface area contributed by atoms with Crippen LogP contribution in [0.15, 0.2) is 54.6 Å². The largest absolute Gasteiger partial charge is 0.462 e. The second-order valence-electron chi connectivity index (χ2n) is 6.37. The van der Waals surface area contributed by atoms with Gasteiger partial charge >= 0.3 is 5.97 Å². The fourth-order valence-electron chi connectivity index (χ4n) is 2.72. The molecule has 0 fully saturated rings. The van der Waals surface area contributed by atoms with Crippen LogP contribution >= 0.6 is 0 Å². The zero-order chi connectivity index (χ0) is 20.8. The molecule has 2 N–H and O–H groups in total. The molecule has 0 saturated carbocycles. The average molecular weight is 390 g/mol. The Kier molecular flexibility index (Phi) is 6.19. The number of rotatable bonds is 7. The number of ketones is 1. The van der Waals surface area contributed by atoms with E-state index in [0.717, 1.165) is 11.4 Å². The van der Waals surface area contributed by atoms with Gasteiger partial charge in [0, 0.05) is 23.0 Å². The van der Waals surface area contributed by atoms with E-state index in [1.807, 2.05) is 25.1 Å². The molecule has 0 aliphatic carbocycles. The number of carbonyl (C=O) groups excluding carboxylic acids is 2. The molecule has 148 valence electrons. The summed E-state index contributed by atoms with van der Waals surface area (Å²) >= 11 is 0. The van der Waals surface area contributed by atoms with Gasteiger partial charge in [-0.25, -0.2) is 9.78 Å². The Morgan fingerprint density at radius 3 is 2.41 bits per heavy atom. The van der Waals surface area contributed by atoms with Crippen molar-refractivity contribution in [3.8, 4) is 0 Å². The summed E-state index contributed by atoms with van der Waals surface area (Å²) in [5.41, 5.74) is 3.17. The third-order valence-electron chi connectivity index (χ3n) is 4.09. The van der Waals surface area contributed by atoms with Crippen molar-refractivity contribution in [2.75, 3.05) is 17.2 Å². The summed E-state index contributed by atoms with van der Waals surface area (Å²) in [5.74, 6) is 0.544. The molecule has 0 atom stereocenters. The number of aryl methyl sites for hydroxylation is 1. The highest BCUT2D eigenvalue weighted by Gasteiger charge is 2.13. The first-order valence-corrected chi connectivity index (χ1v) is 9.23. The van der Waals surface area contributed by atoms with Crippen molar-refractivity contribution >= 4 is 34.9 Å². The molecule has 29 heavy (non-hydrogen) atoms. The van der Waals surface area contributed by atoms with Gasteiger partial charge in [0.25, 0.3) is 0 Å². The molecule has 3 aromatic rings. The monoisotopic (exact) mass is 390 g/mol. The van der Waals surface area contributed by atoms with Gasteiger partial charge in [0.1, 0.15) is 5.82 Å². The lowest BCUT2D eigenvalue weighted by molar-refractivity contribution is 0.0527. The van der Waals surface area contributed by atoms with Gasteiger partial charge < -0.3 is 15.4 Å². The van der Waals surface area contributed by atoms with Crippen LogP contribution < -0.4 is 10.6 Å². The Morgan fingerprint density at radius 2 is 1.72 bits per heavy atom. The van der Waals surface area contributed by atoms with E-state index >= 15 is 0 Å². The van der Waals surface area contributed by atoms with E-state index in [0.29, 0.717) is 35.2 Å². The number of hydrogen-bond donors (Lipinski definition) is 2. The van der Waals surface area contributed by atoms with E-state index in [1.165, 1.54) is 6.92 Å². The number of hydrogen-bond acceptors (Lipinski definition) is 7. The summed E-state index contributed by atoms with van der Waals surface area (Å²) in [6.07, 6.45) is 0. The van der Waals surface area contributed by atoms with E-state index in [9.17, 15) is 9.59 Å². The molecule has 0 spiro atoms. The number of nitrogens with zero attached hydrogens (tertiary/aromatic N) is 2. The lowest BCUT2D eigenvalue weighted by atomic mass is 10.1. The number of para-hydroxylation sites is 1. The molecule has 0 radical (unpaired) electrons. The van der Waals surface area contributed by atoms with Gasteiger partial charge in [-0.05, 0) is 57.2 Å². The van der Waals surface area contributed by atoms with Crippen LogP contribution in [0, 0.1) is 6.92 Å². The molecule has 0 aliphatic rings. The summed E-state index contributed by atoms with van der Waals surface area (Å²) in [6, 6.07) is 16.0. The minimum absolute atomic E-state index is 0.0150. The summed E-state index contributed by atoms with van der Waals surface area (Å²) in [5, 5.41) is 6.30. The number of benzene rings is 2. The van der Waals surface area contributed by atoms with Crippen LogP contribution in [0.4, 0.5) is 23.1 Å². The topological polar surface area (TPSA) is 93.2 Å². The van der Waals surface area contributed by atoms with Crippen molar-refractivity contribution in [3.63, 3.8) is 0 Å². The van der Waals surface area contributed by atoms with Crippen LogP contribution in [0.1, 0.15) is 40.3 Å². The first-order chi connectivity index (χ1) is 14.0. The number of Topliss-reactive ketones (excluding diaryl/α,β-unsaturated/α-hetero) is 1. The Balaban J connectivity index is 1.83. The van der Waals surface area contributed by atoms with Gasteiger partial charge in [-0.3, -0.25) is 4.79 Å². The molecule has 0 amide bonds. The third-order valence-corrected chi connectivity index (χ3v) is 4.09. The smallest absolute Gasteiger partial charge is 0.340 e. The van der Waals surface area contributed by atoms with Crippen molar-refractivity contribution < 1.29 is 14.3 Å². The SMILES string of the molecule is CCOC(=O)c1ccccc1Nc1nc(C)cc(Nc2ccc(C(C)=O)cc2)n1. The van der Waals surface area contributed by atoms with Gasteiger partial charge in [0.15, 0.2) is 5.78 Å². The van der Waals surface area contributed by atoms with E-state index in [2.05, 4.69) is 20.6 Å². The molecular weight excluding hydrogens is 368 g/mol. The lowest BCUT2D eigenvalue weighted by Crippen LogP contribution is -2.09. The highest BCUT2D eigenvalue weighted by Crippen LogP contribution is 2.22. The minimum atomic E-state index is -0.410. The molecule has 1 aromatic heterocycles. The van der Waals surface area contributed by atoms with Crippen LogP contribution in [-0.4, -0.2) is 28.3 Å². The molecule has 0 unspecified atom stereocenters. The number of carbonyl (C=O) groups is 2. The van der Waals surface area contributed by atoms with Gasteiger partial charge in [0.05, 0.1) is 17.9 Å². The maximum absolute atomic E-state index is 12.2. The Bertz CT molecular complexity index is 1030. The predicted octanol–water partition coefficient (Wildman–Crippen LogP) is 4.65. The molecule has 0 bridgehead atoms. The molecule has 2 aromatic carbocycles. The number of nitrogens with one attached hydrogen (secondary N) is 2. The molecule has 0 aliphatic heterocycles. The van der Waals surface area contributed by atoms with Crippen molar-refractivity contribution in [2.24, 2.45) is 0 Å². The predicted molar refractivity (Wildman–Crippen MR) is 112 cm³/mol. The fraction of sp³-hybridized carbons (Fsp3) is 0.182. The van der Waals surface area contributed by atoms with Crippen molar-refractivity contribution in [1.82, 2.24) is 9.97 Å². The van der Waals surface area contributed by atoms with E-state index in [1.54, 1.807) is 43.3 Å². The zero-order valence-electron chi connectivity index (χ0n) is 16.5. The van der Waals surface area contributed by atoms with Crippen molar-refractivity contribution in [1.29, 1.82) is 0 Å².